The van der Waals surface area contributed by atoms with Crippen LogP contribution in [0, 0.1) is 24.7 Å². The van der Waals surface area contributed by atoms with Crippen molar-refractivity contribution in [1.29, 1.82) is 0 Å². The first-order valence-corrected chi connectivity index (χ1v) is 14.6. The third kappa shape index (κ3) is 9.24. The molecule has 3 heteroatoms. The largest absolute Gasteiger partial charge is 0.147 e. The standard InChI is InChI=1S/2C17H15.C3H6.2ClH.Zr/c2*1-13-11-15-9-5-6-10-16(17(15)12-13)14-7-3-2-4-8-14;1-3-2;;;/h2*2-13H,1H3;1-2H3;2*1H;/q2*-1;;;;+2. The van der Waals surface area contributed by atoms with Crippen LogP contribution in [-0.4, -0.2) is 3.21 Å². The molecule has 0 saturated heterocycles. The fraction of sp³-hybridized carbons (Fsp3) is 0.162. The summed E-state index contributed by atoms with van der Waals surface area (Å²) in [7, 11) is 0. The van der Waals surface area contributed by atoms with E-state index in [1.54, 1.807) is 24.2 Å². The molecule has 6 rings (SSSR count). The molecule has 0 fully saturated rings. The van der Waals surface area contributed by atoms with Gasteiger partial charge in [-0.15, -0.1) is 60.3 Å². The summed E-state index contributed by atoms with van der Waals surface area (Å²) in [5.41, 5.74) is 10.7. The van der Waals surface area contributed by atoms with Gasteiger partial charge in [-0.3, -0.25) is 0 Å². The van der Waals surface area contributed by atoms with Crippen LogP contribution in [0.4, 0.5) is 0 Å². The van der Waals surface area contributed by atoms with Crippen molar-refractivity contribution in [2.45, 2.75) is 27.7 Å². The molecule has 2 atom stereocenters. The zero-order chi connectivity index (χ0) is 26.9. The van der Waals surface area contributed by atoms with Crippen molar-refractivity contribution in [1.82, 2.24) is 0 Å². The molecule has 0 saturated carbocycles. The molecule has 0 amide bonds. The van der Waals surface area contributed by atoms with E-state index in [9.17, 15) is 0 Å². The average molecular weight is 645 g/mol. The van der Waals surface area contributed by atoms with Gasteiger partial charge in [-0.25, -0.2) is 0 Å². The molecule has 4 aliphatic rings. The smallest absolute Gasteiger partial charge is 0.147 e. The Hall–Kier alpha value is -2.57. The number of rotatable bonds is 2. The molecule has 2 unspecified atom stereocenters. The summed E-state index contributed by atoms with van der Waals surface area (Å²) >= 11 is 1.55. The second-order valence-electron chi connectivity index (χ2n) is 10.1. The fourth-order valence-corrected chi connectivity index (χ4v) is 4.88. The van der Waals surface area contributed by atoms with Gasteiger partial charge in [0.05, 0.1) is 0 Å². The maximum Gasteiger partial charge on any atom is -0.147 e. The Morgan fingerprint density at radius 1 is 0.550 bits per heavy atom. The minimum atomic E-state index is 0. The quantitative estimate of drug-likeness (QED) is 0.286. The molecule has 0 bridgehead atoms. The molecule has 0 radical (unpaired) electrons. The average Bonchev–Trinajstić information content (AvgIpc) is 3.31. The summed E-state index contributed by atoms with van der Waals surface area (Å²) in [4.78, 5) is 0. The normalized spacial score (nSPS) is 19.4. The van der Waals surface area contributed by atoms with Crippen molar-refractivity contribution < 1.29 is 24.2 Å². The van der Waals surface area contributed by atoms with Gasteiger partial charge in [0.1, 0.15) is 0 Å². The van der Waals surface area contributed by atoms with Gasteiger partial charge in [-0.1, -0.05) is 122 Å². The summed E-state index contributed by atoms with van der Waals surface area (Å²) in [5, 5.41) is 0. The van der Waals surface area contributed by atoms with Crippen LogP contribution in [0.5, 0.6) is 0 Å². The molecule has 2 aromatic carbocycles. The first kappa shape index (κ1) is 33.6. The molecule has 0 heterocycles. The van der Waals surface area contributed by atoms with Crippen molar-refractivity contribution in [2.75, 3.05) is 0 Å². The van der Waals surface area contributed by atoms with Gasteiger partial charge in [-0.05, 0) is 11.1 Å². The van der Waals surface area contributed by atoms with Crippen molar-refractivity contribution in [3.63, 3.8) is 0 Å². The van der Waals surface area contributed by atoms with Crippen LogP contribution in [0.3, 0.4) is 0 Å². The summed E-state index contributed by atoms with van der Waals surface area (Å²) in [6, 6.07) is 21.2. The van der Waals surface area contributed by atoms with Crippen LogP contribution in [0.25, 0.3) is 11.1 Å². The first-order chi connectivity index (χ1) is 18.4. The van der Waals surface area contributed by atoms with Gasteiger partial charge in [-0.2, -0.15) is 36.1 Å². The van der Waals surface area contributed by atoms with Gasteiger partial charge >= 0.3 is 41.3 Å². The number of allylic oxidation sites excluding steroid dienone is 16. The van der Waals surface area contributed by atoms with Gasteiger partial charge in [0.25, 0.3) is 0 Å². The maximum absolute atomic E-state index is 2.34. The molecular weight excluding hydrogens is 607 g/mol. The van der Waals surface area contributed by atoms with E-state index in [0.717, 1.165) is 0 Å². The topological polar surface area (TPSA) is 0 Å². The van der Waals surface area contributed by atoms with Crippen molar-refractivity contribution in [3.05, 3.63) is 168 Å². The molecule has 0 aromatic heterocycles. The van der Waals surface area contributed by atoms with E-state index in [1.807, 2.05) is 0 Å². The monoisotopic (exact) mass is 642 g/mol. The number of fused-ring (bicyclic) bond motifs is 2. The summed E-state index contributed by atoms with van der Waals surface area (Å²) < 4.78 is 1.51. The SMILES string of the molecule is CC1C=C2C(=CC=CC=C2c2ccccc2)[CH-]1.CC1C=C2C(=CC=CC=C2c2ccccc2)[CH-]1.C[C](C)=[Zr+2].Cl.Cl. The molecule has 2 aromatic rings. The van der Waals surface area contributed by atoms with E-state index >= 15 is 0 Å². The Balaban J connectivity index is 0.000000237. The van der Waals surface area contributed by atoms with Crippen LogP contribution >= 0.6 is 24.8 Å². The Kier molecular flexibility index (Phi) is 14.0. The van der Waals surface area contributed by atoms with Crippen molar-refractivity contribution in [2.24, 2.45) is 11.8 Å². The number of hydrogen-bond acceptors (Lipinski definition) is 0. The molecule has 204 valence electrons. The maximum atomic E-state index is 2.34. The molecule has 0 nitrogen and oxygen atoms in total. The van der Waals surface area contributed by atoms with Crippen molar-refractivity contribution in [3.8, 4) is 0 Å². The second-order valence-corrected chi connectivity index (χ2v) is 12.6. The summed E-state index contributed by atoms with van der Waals surface area (Å²) in [6.07, 6.45) is 26.6. The van der Waals surface area contributed by atoms with Crippen LogP contribution in [0.1, 0.15) is 38.8 Å². The van der Waals surface area contributed by atoms with E-state index in [1.165, 1.54) is 47.8 Å². The third-order valence-corrected chi connectivity index (χ3v) is 6.42. The van der Waals surface area contributed by atoms with Gasteiger partial charge in [0.15, 0.2) is 0 Å². The molecule has 0 spiro atoms. The van der Waals surface area contributed by atoms with Crippen molar-refractivity contribution >= 4 is 39.2 Å². The van der Waals surface area contributed by atoms with Crippen LogP contribution in [-0.2, 0) is 24.2 Å². The van der Waals surface area contributed by atoms with E-state index in [-0.39, 0.29) is 24.8 Å². The Labute approximate surface area is 268 Å². The Morgan fingerprint density at radius 3 is 1.23 bits per heavy atom. The van der Waals surface area contributed by atoms with E-state index in [0.29, 0.717) is 11.8 Å². The zero-order valence-corrected chi connectivity index (χ0v) is 27.8. The van der Waals surface area contributed by atoms with Gasteiger partial charge in [0.2, 0.25) is 0 Å². The van der Waals surface area contributed by atoms with E-state index in [2.05, 4.69) is 162 Å². The molecule has 0 aliphatic heterocycles. The number of benzene rings is 2. The zero-order valence-electron chi connectivity index (χ0n) is 23.7. The number of halogens is 2. The molecule has 0 N–H and O–H groups in total. The Morgan fingerprint density at radius 2 is 0.875 bits per heavy atom. The third-order valence-electron chi connectivity index (χ3n) is 6.42. The van der Waals surface area contributed by atoms with Gasteiger partial charge in [0, 0.05) is 0 Å². The number of hydrogen-bond donors (Lipinski definition) is 0. The van der Waals surface area contributed by atoms with Crippen LogP contribution < -0.4 is 0 Å². The molecular formula is C37H38Cl2Zr. The fourth-order valence-electron chi connectivity index (χ4n) is 4.88. The molecule has 40 heavy (non-hydrogen) atoms. The van der Waals surface area contributed by atoms with Crippen LogP contribution in [0.2, 0.25) is 0 Å². The van der Waals surface area contributed by atoms with Gasteiger partial charge < -0.3 is 0 Å². The minimum absolute atomic E-state index is 0. The predicted molar refractivity (Wildman–Crippen MR) is 177 cm³/mol. The second kappa shape index (κ2) is 16.6. The van der Waals surface area contributed by atoms with Crippen LogP contribution in [0.15, 0.2) is 144 Å². The minimum Gasteiger partial charge on any atom is -0.147 e. The predicted octanol–water partition coefficient (Wildman–Crippen LogP) is 10.3. The summed E-state index contributed by atoms with van der Waals surface area (Å²) in [6.45, 7) is 8.71. The van der Waals surface area contributed by atoms with E-state index < -0.39 is 0 Å². The summed E-state index contributed by atoms with van der Waals surface area (Å²) in [5.74, 6) is 1.07. The molecule has 4 aliphatic carbocycles. The first-order valence-electron chi connectivity index (χ1n) is 13.4. The Bertz CT molecular complexity index is 1290. The van der Waals surface area contributed by atoms with E-state index in [4.69, 9.17) is 0 Å².